The second kappa shape index (κ2) is 5.75. The molecule has 1 aromatic rings. The van der Waals surface area contributed by atoms with Crippen LogP contribution in [0.15, 0.2) is 30.3 Å². The Morgan fingerprint density at radius 1 is 1.21 bits per heavy atom. The number of hydrogen-bond acceptors (Lipinski definition) is 3. The molecule has 70 valence electrons. The van der Waals surface area contributed by atoms with Gasteiger partial charge in [-0.1, -0.05) is 30.3 Å². The lowest BCUT2D eigenvalue weighted by Gasteiger charge is -2.07. The Balaban J connectivity index is 2.41. The van der Waals surface area contributed by atoms with Crippen LogP contribution < -0.4 is 5.32 Å². The van der Waals surface area contributed by atoms with Crippen molar-refractivity contribution in [3.63, 3.8) is 0 Å². The van der Waals surface area contributed by atoms with Crippen molar-refractivity contribution in [3.05, 3.63) is 35.9 Å². The van der Waals surface area contributed by atoms with E-state index in [-0.39, 0.29) is 12.5 Å². The molecule has 0 saturated heterocycles. The molecule has 3 nitrogen and oxygen atoms in total. The maximum atomic E-state index is 8.67. The van der Waals surface area contributed by atoms with Gasteiger partial charge in [-0.05, 0) is 5.56 Å². The van der Waals surface area contributed by atoms with Crippen molar-refractivity contribution in [2.24, 2.45) is 0 Å². The third kappa shape index (κ3) is 3.26. The largest absolute Gasteiger partial charge is 0.297 e. The summed E-state index contributed by atoms with van der Waals surface area (Å²) in [5.41, 5.74) is 1.12. The fourth-order valence-electron chi connectivity index (χ4n) is 1.09. The maximum Gasteiger partial charge on any atom is 0.109 e. The van der Waals surface area contributed by atoms with Crippen molar-refractivity contribution in [1.82, 2.24) is 5.32 Å². The van der Waals surface area contributed by atoms with Gasteiger partial charge in [-0.15, -0.1) is 0 Å². The molecule has 0 radical (unpaired) electrons. The first-order valence-corrected chi connectivity index (χ1v) is 4.40. The van der Waals surface area contributed by atoms with Crippen LogP contribution in [0.5, 0.6) is 0 Å². The molecule has 0 fully saturated rings. The van der Waals surface area contributed by atoms with Crippen LogP contribution in [0.2, 0.25) is 0 Å². The molecule has 0 saturated carbocycles. The Labute approximate surface area is 83.6 Å². The van der Waals surface area contributed by atoms with Crippen molar-refractivity contribution in [3.8, 4) is 12.1 Å². The van der Waals surface area contributed by atoms with Crippen LogP contribution in [0.1, 0.15) is 12.0 Å². The standard InChI is InChI=1S/C11H11N3/c12-7-6-11(8-13)14-9-10-4-2-1-3-5-10/h1-5,11,14H,6,9H2. The molecule has 0 amide bonds. The summed E-state index contributed by atoms with van der Waals surface area (Å²) in [6.07, 6.45) is 0.226. The van der Waals surface area contributed by atoms with Gasteiger partial charge in [0.05, 0.1) is 18.6 Å². The first-order chi connectivity index (χ1) is 6.86. The molecule has 0 spiro atoms. The molecule has 1 atom stereocenters. The third-order valence-electron chi connectivity index (χ3n) is 1.85. The molecule has 1 unspecified atom stereocenters. The molecule has 0 aliphatic carbocycles. The SMILES string of the molecule is N#CCC(C#N)NCc1ccccc1. The van der Waals surface area contributed by atoms with E-state index < -0.39 is 0 Å². The van der Waals surface area contributed by atoms with Gasteiger partial charge in [-0.3, -0.25) is 5.32 Å². The number of benzene rings is 1. The molecule has 1 aromatic carbocycles. The average molecular weight is 185 g/mol. The van der Waals surface area contributed by atoms with Crippen LogP contribution >= 0.6 is 0 Å². The van der Waals surface area contributed by atoms with E-state index in [2.05, 4.69) is 5.32 Å². The minimum atomic E-state index is -0.375. The van der Waals surface area contributed by atoms with Crippen LogP contribution in [0.3, 0.4) is 0 Å². The van der Waals surface area contributed by atoms with Gasteiger partial charge in [0.25, 0.3) is 0 Å². The quantitative estimate of drug-likeness (QED) is 0.774. The fourth-order valence-corrected chi connectivity index (χ4v) is 1.09. The van der Waals surface area contributed by atoms with Gasteiger partial charge < -0.3 is 0 Å². The predicted molar refractivity (Wildman–Crippen MR) is 52.9 cm³/mol. The van der Waals surface area contributed by atoms with Crippen LogP contribution in [-0.2, 0) is 6.54 Å². The molecule has 0 aliphatic heterocycles. The molecule has 14 heavy (non-hydrogen) atoms. The van der Waals surface area contributed by atoms with Crippen LogP contribution in [0, 0.1) is 22.7 Å². The van der Waals surface area contributed by atoms with E-state index in [4.69, 9.17) is 10.5 Å². The predicted octanol–water partition coefficient (Wildman–Crippen LogP) is 1.58. The minimum Gasteiger partial charge on any atom is -0.297 e. The third-order valence-corrected chi connectivity index (χ3v) is 1.85. The maximum absolute atomic E-state index is 8.67. The highest BCUT2D eigenvalue weighted by atomic mass is 14.9. The number of rotatable bonds is 4. The van der Waals surface area contributed by atoms with Crippen LogP contribution in [0.4, 0.5) is 0 Å². The minimum absolute atomic E-state index is 0.226. The highest BCUT2D eigenvalue weighted by molar-refractivity contribution is 5.14. The number of nitrogens with zero attached hydrogens (tertiary/aromatic N) is 2. The molecular weight excluding hydrogens is 174 g/mol. The van der Waals surface area contributed by atoms with Crippen LogP contribution in [-0.4, -0.2) is 6.04 Å². The molecule has 0 aromatic heterocycles. The summed E-state index contributed by atoms with van der Waals surface area (Å²) in [6, 6.07) is 13.4. The van der Waals surface area contributed by atoms with E-state index in [1.807, 2.05) is 42.5 Å². The smallest absolute Gasteiger partial charge is 0.109 e. The average Bonchev–Trinajstić information content (AvgIpc) is 2.25. The first kappa shape index (κ1) is 10.2. The summed E-state index contributed by atoms with van der Waals surface area (Å²) < 4.78 is 0. The Hall–Kier alpha value is -1.84. The van der Waals surface area contributed by atoms with Gasteiger partial charge in [-0.2, -0.15) is 10.5 Å². The van der Waals surface area contributed by atoms with E-state index in [9.17, 15) is 0 Å². The summed E-state index contributed by atoms with van der Waals surface area (Å²) in [5.74, 6) is 0. The van der Waals surface area contributed by atoms with E-state index in [0.29, 0.717) is 6.54 Å². The van der Waals surface area contributed by atoms with Crippen molar-refractivity contribution in [2.45, 2.75) is 19.0 Å². The van der Waals surface area contributed by atoms with Crippen molar-refractivity contribution < 1.29 is 0 Å². The Kier molecular flexibility index (Phi) is 4.20. The number of nitrogens with one attached hydrogen (secondary N) is 1. The van der Waals surface area contributed by atoms with E-state index in [1.54, 1.807) is 0 Å². The zero-order valence-electron chi connectivity index (χ0n) is 7.77. The topological polar surface area (TPSA) is 59.6 Å². The highest BCUT2D eigenvalue weighted by Gasteiger charge is 2.04. The highest BCUT2D eigenvalue weighted by Crippen LogP contribution is 1.98. The van der Waals surface area contributed by atoms with Crippen molar-refractivity contribution in [1.29, 1.82) is 10.5 Å². The second-order valence-electron chi connectivity index (χ2n) is 2.91. The Morgan fingerprint density at radius 3 is 2.50 bits per heavy atom. The summed E-state index contributed by atoms with van der Waals surface area (Å²) in [4.78, 5) is 0. The molecule has 0 aliphatic rings. The molecule has 0 bridgehead atoms. The van der Waals surface area contributed by atoms with Gasteiger partial charge in [0, 0.05) is 6.54 Å². The number of nitriles is 2. The lowest BCUT2D eigenvalue weighted by Crippen LogP contribution is -2.26. The van der Waals surface area contributed by atoms with Gasteiger partial charge >= 0.3 is 0 Å². The molecular formula is C11H11N3. The molecule has 1 rings (SSSR count). The second-order valence-corrected chi connectivity index (χ2v) is 2.91. The molecule has 0 heterocycles. The fraction of sp³-hybridized carbons (Fsp3) is 0.273. The van der Waals surface area contributed by atoms with E-state index in [1.165, 1.54) is 0 Å². The van der Waals surface area contributed by atoms with Gasteiger partial charge in [0.1, 0.15) is 6.04 Å². The number of hydrogen-bond donors (Lipinski definition) is 1. The zero-order chi connectivity index (χ0) is 10.2. The Morgan fingerprint density at radius 2 is 1.93 bits per heavy atom. The van der Waals surface area contributed by atoms with E-state index >= 15 is 0 Å². The summed E-state index contributed by atoms with van der Waals surface area (Å²) in [6.45, 7) is 0.626. The van der Waals surface area contributed by atoms with Crippen molar-refractivity contribution >= 4 is 0 Å². The van der Waals surface area contributed by atoms with E-state index in [0.717, 1.165) is 5.56 Å². The normalized spacial score (nSPS) is 11.3. The van der Waals surface area contributed by atoms with Gasteiger partial charge in [0.15, 0.2) is 0 Å². The Bertz CT molecular complexity index is 345. The summed E-state index contributed by atoms with van der Waals surface area (Å²) in [5, 5.41) is 20.1. The lowest BCUT2D eigenvalue weighted by atomic mass is 10.2. The van der Waals surface area contributed by atoms with Crippen LogP contribution in [0.25, 0.3) is 0 Å². The van der Waals surface area contributed by atoms with Crippen molar-refractivity contribution in [2.75, 3.05) is 0 Å². The zero-order valence-corrected chi connectivity index (χ0v) is 7.77. The summed E-state index contributed by atoms with van der Waals surface area (Å²) >= 11 is 0. The monoisotopic (exact) mass is 185 g/mol. The summed E-state index contributed by atoms with van der Waals surface area (Å²) in [7, 11) is 0. The van der Waals surface area contributed by atoms with Gasteiger partial charge in [0.2, 0.25) is 0 Å². The lowest BCUT2D eigenvalue weighted by molar-refractivity contribution is 0.611. The molecule has 1 N–H and O–H groups in total. The molecule has 3 heteroatoms. The first-order valence-electron chi connectivity index (χ1n) is 4.40. The van der Waals surface area contributed by atoms with Gasteiger partial charge in [-0.25, -0.2) is 0 Å².